The van der Waals surface area contributed by atoms with Gasteiger partial charge in [0.25, 0.3) is 0 Å². The Labute approximate surface area is 139 Å². The van der Waals surface area contributed by atoms with Gasteiger partial charge in [0.05, 0.1) is 0 Å². The van der Waals surface area contributed by atoms with Gasteiger partial charge in [0.2, 0.25) is 5.91 Å². The van der Waals surface area contributed by atoms with Crippen molar-refractivity contribution in [3.05, 3.63) is 35.9 Å². The number of nitrogens with zero attached hydrogens (tertiary/aromatic N) is 2. The van der Waals surface area contributed by atoms with Crippen LogP contribution in [0.4, 0.5) is 0 Å². The highest BCUT2D eigenvalue weighted by Crippen LogP contribution is 2.10. The molecule has 1 aliphatic rings. The molecule has 0 spiro atoms. The second kappa shape index (κ2) is 9.18. The minimum Gasteiger partial charge on any atom is -0.357 e. The number of hydrogen-bond acceptors (Lipinski definition) is 2. The van der Waals surface area contributed by atoms with Crippen molar-refractivity contribution in [3.8, 4) is 0 Å². The first kappa shape index (κ1) is 17.3. The normalized spacial score (nSPS) is 18.1. The third kappa shape index (κ3) is 5.58. The van der Waals surface area contributed by atoms with E-state index in [4.69, 9.17) is 0 Å². The predicted molar refractivity (Wildman–Crippen MR) is 94.5 cm³/mol. The van der Waals surface area contributed by atoms with Crippen LogP contribution >= 0.6 is 0 Å². The van der Waals surface area contributed by atoms with Crippen molar-refractivity contribution < 1.29 is 4.79 Å². The zero-order valence-electron chi connectivity index (χ0n) is 14.2. The third-order valence-electron chi connectivity index (χ3n) is 4.04. The van der Waals surface area contributed by atoms with Crippen molar-refractivity contribution in [2.24, 2.45) is 4.99 Å². The molecule has 1 aromatic rings. The number of hydrogen-bond donors (Lipinski definition) is 2. The second-order valence-electron chi connectivity index (χ2n) is 5.82. The van der Waals surface area contributed by atoms with Crippen LogP contribution in [0.1, 0.15) is 32.3 Å². The molecule has 1 fully saturated rings. The number of benzene rings is 1. The average molecular weight is 316 g/mol. The van der Waals surface area contributed by atoms with Crippen molar-refractivity contribution in [1.82, 2.24) is 15.5 Å². The minimum atomic E-state index is 0.236. The van der Waals surface area contributed by atoms with E-state index in [0.717, 1.165) is 45.0 Å². The van der Waals surface area contributed by atoms with Gasteiger partial charge < -0.3 is 15.5 Å². The number of guanidine groups is 1. The Morgan fingerprint density at radius 1 is 1.30 bits per heavy atom. The SMILES string of the molecule is CCNC(=NCCc1ccccc1)NC1CCN(C(=O)CC)C1. The predicted octanol–water partition coefficient (Wildman–Crippen LogP) is 1.80. The Morgan fingerprint density at radius 3 is 2.78 bits per heavy atom. The maximum Gasteiger partial charge on any atom is 0.222 e. The quantitative estimate of drug-likeness (QED) is 0.621. The van der Waals surface area contributed by atoms with Gasteiger partial charge in [-0.25, -0.2) is 0 Å². The van der Waals surface area contributed by atoms with Crippen LogP contribution in [0.15, 0.2) is 35.3 Å². The van der Waals surface area contributed by atoms with E-state index in [1.807, 2.05) is 17.9 Å². The first-order valence-corrected chi connectivity index (χ1v) is 8.59. The van der Waals surface area contributed by atoms with Crippen LogP contribution in [0.5, 0.6) is 0 Å². The number of rotatable bonds is 6. The van der Waals surface area contributed by atoms with Crippen LogP contribution in [0, 0.1) is 0 Å². The molecular formula is C18H28N4O. The van der Waals surface area contributed by atoms with Gasteiger partial charge in [-0.1, -0.05) is 37.3 Å². The Hall–Kier alpha value is -2.04. The summed E-state index contributed by atoms with van der Waals surface area (Å²) in [5.74, 6) is 1.08. The van der Waals surface area contributed by atoms with E-state index in [9.17, 15) is 4.79 Å². The number of amides is 1. The molecule has 1 aromatic carbocycles. The summed E-state index contributed by atoms with van der Waals surface area (Å²) in [6.45, 7) is 7.18. The first-order valence-electron chi connectivity index (χ1n) is 8.59. The first-order chi connectivity index (χ1) is 11.2. The third-order valence-corrected chi connectivity index (χ3v) is 4.04. The lowest BCUT2D eigenvalue weighted by atomic mass is 10.2. The van der Waals surface area contributed by atoms with Gasteiger partial charge in [-0.15, -0.1) is 0 Å². The van der Waals surface area contributed by atoms with E-state index in [2.05, 4.69) is 46.8 Å². The molecule has 5 heteroatoms. The molecule has 2 N–H and O–H groups in total. The van der Waals surface area contributed by atoms with Gasteiger partial charge in [0, 0.05) is 38.6 Å². The number of carbonyl (C=O) groups excluding carboxylic acids is 1. The summed E-state index contributed by atoms with van der Waals surface area (Å²) >= 11 is 0. The molecule has 126 valence electrons. The zero-order chi connectivity index (χ0) is 16.5. The van der Waals surface area contributed by atoms with Gasteiger partial charge in [0.1, 0.15) is 0 Å². The Morgan fingerprint density at radius 2 is 2.09 bits per heavy atom. The van der Waals surface area contributed by atoms with Gasteiger partial charge in [-0.05, 0) is 25.3 Å². The molecule has 1 amide bonds. The van der Waals surface area contributed by atoms with Crippen LogP contribution in [-0.4, -0.2) is 49.0 Å². The molecule has 1 heterocycles. The van der Waals surface area contributed by atoms with Crippen LogP contribution < -0.4 is 10.6 Å². The minimum absolute atomic E-state index is 0.236. The topological polar surface area (TPSA) is 56.7 Å². The molecule has 0 aliphatic carbocycles. The van der Waals surface area contributed by atoms with Crippen molar-refractivity contribution >= 4 is 11.9 Å². The fourth-order valence-corrected chi connectivity index (χ4v) is 2.78. The summed E-state index contributed by atoms with van der Waals surface area (Å²) in [7, 11) is 0. The van der Waals surface area contributed by atoms with E-state index in [1.165, 1.54) is 5.56 Å². The van der Waals surface area contributed by atoms with Crippen molar-refractivity contribution in [3.63, 3.8) is 0 Å². The Balaban J connectivity index is 1.83. The molecule has 1 atom stereocenters. The lowest BCUT2D eigenvalue weighted by Gasteiger charge is -2.18. The molecule has 1 saturated heterocycles. The van der Waals surface area contributed by atoms with E-state index in [1.54, 1.807) is 0 Å². The lowest BCUT2D eigenvalue weighted by molar-refractivity contribution is -0.129. The van der Waals surface area contributed by atoms with Gasteiger partial charge >= 0.3 is 0 Å². The van der Waals surface area contributed by atoms with Crippen molar-refractivity contribution in [2.75, 3.05) is 26.2 Å². The summed E-state index contributed by atoms with van der Waals surface area (Å²) in [6.07, 6.45) is 2.50. The Bertz CT molecular complexity index is 515. The molecule has 0 bridgehead atoms. The number of likely N-dealkylation sites (tertiary alicyclic amines) is 1. The molecule has 0 saturated carbocycles. The number of nitrogens with one attached hydrogen (secondary N) is 2. The van der Waals surface area contributed by atoms with Gasteiger partial charge in [-0.3, -0.25) is 9.79 Å². The maximum atomic E-state index is 11.8. The molecule has 23 heavy (non-hydrogen) atoms. The zero-order valence-corrected chi connectivity index (χ0v) is 14.2. The van der Waals surface area contributed by atoms with Crippen LogP contribution in [0.3, 0.4) is 0 Å². The van der Waals surface area contributed by atoms with E-state index in [-0.39, 0.29) is 5.91 Å². The standard InChI is InChI=1S/C18H28N4O/c1-3-17(23)22-13-11-16(14-22)21-18(19-4-2)20-12-10-15-8-6-5-7-9-15/h5-9,16H,3-4,10-14H2,1-2H3,(H2,19,20,21). The highest BCUT2D eigenvalue weighted by atomic mass is 16.2. The summed E-state index contributed by atoms with van der Waals surface area (Å²) in [5.41, 5.74) is 1.30. The maximum absolute atomic E-state index is 11.8. The summed E-state index contributed by atoms with van der Waals surface area (Å²) in [4.78, 5) is 18.3. The monoisotopic (exact) mass is 316 g/mol. The summed E-state index contributed by atoms with van der Waals surface area (Å²) < 4.78 is 0. The van der Waals surface area contributed by atoms with E-state index >= 15 is 0 Å². The van der Waals surface area contributed by atoms with E-state index in [0.29, 0.717) is 12.5 Å². The van der Waals surface area contributed by atoms with Gasteiger partial charge in [0.15, 0.2) is 5.96 Å². The van der Waals surface area contributed by atoms with Crippen molar-refractivity contribution in [1.29, 1.82) is 0 Å². The second-order valence-corrected chi connectivity index (χ2v) is 5.82. The average Bonchev–Trinajstić information content (AvgIpc) is 3.04. The fraction of sp³-hybridized carbons (Fsp3) is 0.556. The van der Waals surface area contributed by atoms with Gasteiger partial charge in [-0.2, -0.15) is 0 Å². The van der Waals surface area contributed by atoms with Crippen LogP contribution in [0.2, 0.25) is 0 Å². The molecule has 2 rings (SSSR count). The van der Waals surface area contributed by atoms with Crippen molar-refractivity contribution in [2.45, 2.75) is 39.2 Å². The molecule has 1 unspecified atom stereocenters. The molecular weight excluding hydrogens is 288 g/mol. The lowest BCUT2D eigenvalue weighted by Crippen LogP contribution is -2.45. The molecule has 0 radical (unpaired) electrons. The fourth-order valence-electron chi connectivity index (χ4n) is 2.78. The molecule has 1 aliphatic heterocycles. The van der Waals surface area contributed by atoms with E-state index < -0.39 is 0 Å². The highest BCUT2D eigenvalue weighted by Gasteiger charge is 2.25. The highest BCUT2D eigenvalue weighted by molar-refractivity contribution is 5.80. The summed E-state index contributed by atoms with van der Waals surface area (Å²) in [6, 6.07) is 10.7. The molecule has 0 aromatic heterocycles. The Kier molecular flexibility index (Phi) is 6.91. The summed E-state index contributed by atoms with van der Waals surface area (Å²) in [5, 5.41) is 6.75. The smallest absolute Gasteiger partial charge is 0.222 e. The largest absolute Gasteiger partial charge is 0.357 e. The number of carbonyl (C=O) groups is 1. The number of aliphatic imine (C=N–C) groups is 1. The molecule has 5 nitrogen and oxygen atoms in total. The van der Waals surface area contributed by atoms with Crippen LogP contribution in [-0.2, 0) is 11.2 Å². The van der Waals surface area contributed by atoms with Crippen LogP contribution in [0.25, 0.3) is 0 Å².